The highest BCUT2D eigenvalue weighted by molar-refractivity contribution is 5.80. The van der Waals surface area contributed by atoms with Gasteiger partial charge in [0.25, 0.3) is 0 Å². The second-order valence-corrected chi connectivity index (χ2v) is 6.12. The molecule has 0 aliphatic heterocycles. The molecule has 18 heavy (non-hydrogen) atoms. The minimum absolute atomic E-state index is 0.317. The van der Waals surface area contributed by atoms with Crippen molar-refractivity contribution in [2.45, 2.75) is 47.1 Å². The molecule has 1 unspecified atom stereocenters. The second kappa shape index (κ2) is 7.74. The lowest BCUT2D eigenvalue weighted by Gasteiger charge is -2.32. The zero-order valence-corrected chi connectivity index (χ0v) is 12.8. The van der Waals surface area contributed by atoms with E-state index in [4.69, 9.17) is 10.5 Å². The molecule has 0 heterocycles. The van der Waals surface area contributed by atoms with Gasteiger partial charge in [0, 0.05) is 19.6 Å². The zero-order chi connectivity index (χ0) is 14.3. The highest BCUT2D eigenvalue weighted by atomic mass is 16.5. The van der Waals surface area contributed by atoms with Crippen molar-refractivity contribution in [3.63, 3.8) is 0 Å². The topological polar surface area (TPSA) is 55.6 Å². The summed E-state index contributed by atoms with van der Waals surface area (Å²) in [4.78, 5) is 14.1. The smallest absolute Gasteiger partial charge is 0.327 e. The second-order valence-electron chi connectivity index (χ2n) is 6.12. The van der Waals surface area contributed by atoms with Gasteiger partial charge < -0.3 is 15.4 Å². The SMILES string of the molecule is CCOC(=O)C(C)(N)CN(CC(C)C)CC(C)C. The molecule has 4 nitrogen and oxygen atoms in total. The van der Waals surface area contributed by atoms with Gasteiger partial charge in [-0.1, -0.05) is 27.7 Å². The normalized spacial score (nSPS) is 15.2. The van der Waals surface area contributed by atoms with Gasteiger partial charge in [-0.25, -0.2) is 0 Å². The third kappa shape index (κ3) is 6.97. The van der Waals surface area contributed by atoms with E-state index in [-0.39, 0.29) is 5.97 Å². The Labute approximate surface area is 112 Å². The van der Waals surface area contributed by atoms with E-state index in [1.165, 1.54) is 0 Å². The summed E-state index contributed by atoms with van der Waals surface area (Å²) in [6.07, 6.45) is 0. The van der Waals surface area contributed by atoms with Crippen molar-refractivity contribution in [1.29, 1.82) is 0 Å². The Bertz CT molecular complexity index is 240. The Balaban J connectivity index is 4.57. The Morgan fingerprint density at radius 2 is 1.67 bits per heavy atom. The number of ether oxygens (including phenoxy) is 1. The van der Waals surface area contributed by atoms with Gasteiger partial charge in [-0.2, -0.15) is 0 Å². The largest absolute Gasteiger partial charge is 0.465 e. The lowest BCUT2D eigenvalue weighted by molar-refractivity contribution is -0.149. The average molecular weight is 258 g/mol. The lowest BCUT2D eigenvalue weighted by Crippen LogP contribution is -2.55. The first-order valence-electron chi connectivity index (χ1n) is 6.87. The molecule has 0 fully saturated rings. The number of carbonyl (C=O) groups excluding carboxylic acids is 1. The molecule has 0 aromatic heterocycles. The quantitative estimate of drug-likeness (QED) is 0.675. The van der Waals surface area contributed by atoms with Gasteiger partial charge >= 0.3 is 5.97 Å². The first-order valence-corrected chi connectivity index (χ1v) is 6.87. The van der Waals surface area contributed by atoms with Crippen LogP contribution in [0.3, 0.4) is 0 Å². The molecule has 0 aromatic carbocycles. The summed E-state index contributed by atoms with van der Waals surface area (Å²) in [7, 11) is 0. The molecule has 0 spiro atoms. The van der Waals surface area contributed by atoms with Crippen LogP contribution in [-0.2, 0) is 9.53 Å². The van der Waals surface area contributed by atoms with E-state index in [1.54, 1.807) is 13.8 Å². The summed E-state index contributed by atoms with van der Waals surface area (Å²) in [5.74, 6) is 0.797. The Morgan fingerprint density at radius 3 is 2.00 bits per heavy atom. The maximum absolute atomic E-state index is 11.8. The van der Waals surface area contributed by atoms with Crippen LogP contribution in [-0.4, -0.2) is 42.6 Å². The number of esters is 1. The van der Waals surface area contributed by atoms with Gasteiger partial charge in [0.1, 0.15) is 5.54 Å². The number of hydrogen-bond acceptors (Lipinski definition) is 4. The summed E-state index contributed by atoms with van der Waals surface area (Å²) in [5, 5.41) is 0. The first-order chi connectivity index (χ1) is 8.19. The third-order valence-electron chi connectivity index (χ3n) is 2.54. The molecule has 0 aliphatic rings. The summed E-state index contributed by atoms with van der Waals surface area (Å²) in [5.41, 5.74) is 5.15. The monoisotopic (exact) mass is 258 g/mol. The molecule has 0 radical (unpaired) electrons. The number of carbonyl (C=O) groups is 1. The van der Waals surface area contributed by atoms with E-state index in [0.29, 0.717) is 25.0 Å². The van der Waals surface area contributed by atoms with Gasteiger partial charge in [-0.05, 0) is 25.7 Å². The molecule has 0 aliphatic carbocycles. The van der Waals surface area contributed by atoms with Gasteiger partial charge in [0.15, 0.2) is 0 Å². The van der Waals surface area contributed by atoms with E-state index < -0.39 is 5.54 Å². The number of hydrogen-bond donors (Lipinski definition) is 1. The Kier molecular flexibility index (Phi) is 7.48. The molecular weight excluding hydrogens is 228 g/mol. The number of nitrogens with two attached hydrogens (primary N) is 1. The van der Waals surface area contributed by atoms with E-state index >= 15 is 0 Å². The van der Waals surface area contributed by atoms with E-state index in [2.05, 4.69) is 32.6 Å². The van der Waals surface area contributed by atoms with Crippen LogP contribution >= 0.6 is 0 Å². The van der Waals surface area contributed by atoms with Crippen molar-refractivity contribution in [3.05, 3.63) is 0 Å². The minimum Gasteiger partial charge on any atom is -0.465 e. The number of rotatable bonds is 8. The summed E-state index contributed by atoms with van der Waals surface area (Å²) >= 11 is 0. The fourth-order valence-corrected chi connectivity index (χ4v) is 2.06. The molecule has 0 saturated heterocycles. The van der Waals surface area contributed by atoms with Crippen molar-refractivity contribution in [2.24, 2.45) is 17.6 Å². The molecule has 0 saturated carbocycles. The molecule has 0 aromatic rings. The molecule has 1 atom stereocenters. The maximum atomic E-state index is 11.8. The fraction of sp³-hybridized carbons (Fsp3) is 0.929. The van der Waals surface area contributed by atoms with Crippen LogP contribution in [0.25, 0.3) is 0 Å². The molecule has 2 N–H and O–H groups in total. The van der Waals surface area contributed by atoms with Crippen LogP contribution in [0.4, 0.5) is 0 Å². The molecule has 108 valence electrons. The molecule has 0 bridgehead atoms. The van der Waals surface area contributed by atoms with Crippen molar-refractivity contribution in [3.8, 4) is 0 Å². The van der Waals surface area contributed by atoms with Crippen molar-refractivity contribution in [1.82, 2.24) is 4.90 Å². The van der Waals surface area contributed by atoms with Gasteiger partial charge in [0.05, 0.1) is 6.61 Å². The number of nitrogens with zero attached hydrogens (tertiary/aromatic N) is 1. The Morgan fingerprint density at radius 1 is 1.22 bits per heavy atom. The van der Waals surface area contributed by atoms with Crippen LogP contribution in [0.15, 0.2) is 0 Å². The lowest BCUT2D eigenvalue weighted by atomic mass is 10.0. The summed E-state index contributed by atoms with van der Waals surface area (Å²) in [6, 6.07) is 0. The van der Waals surface area contributed by atoms with Crippen LogP contribution in [0, 0.1) is 11.8 Å². The van der Waals surface area contributed by atoms with Gasteiger partial charge in [-0.3, -0.25) is 4.79 Å². The average Bonchev–Trinajstić information content (AvgIpc) is 2.14. The summed E-state index contributed by atoms with van der Waals surface area (Å²) < 4.78 is 5.03. The molecule has 4 heteroatoms. The summed E-state index contributed by atoms with van der Waals surface area (Å²) in [6.45, 7) is 15.1. The van der Waals surface area contributed by atoms with E-state index in [1.807, 2.05) is 0 Å². The maximum Gasteiger partial charge on any atom is 0.327 e. The fourth-order valence-electron chi connectivity index (χ4n) is 2.06. The van der Waals surface area contributed by atoms with Crippen LogP contribution < -0.4 is 5.73 Å². The standard InChI is InChI=1S/C14H30N2O2/c1-7-18-13(17)14(6,15)10-16(8-11(2)3)9-12(4)5/h11-12H,7-10,15H2,1-6H3. The third-order valence-corrected chi connectivity index (χ3v) is 2.54. The van der Waals surface area contributed by atoms with Crippen molar-refractivity contribution in [2.75, 3.05) is 26.2 Å². The molecule has 0 amide bonds. The Hall–Kier alpha value is -0.610. The predicted molar refractivity (Wildman–Crippen MR) is 75.3 cm³/mol. The van der Waals surface area contributed by atoms with E-state index in [9.17, 15) is 4.79 Å². The first kappa shape index (κ1) is 17.4. The molecule has 0 rings (SSSR count). The van der Waals surface area contributed by atoms with Crippen LogP contribution in [0.5, 0.6) is 0 Å². The van der Waals surface area contributed by atoms with Crippen molar-refractivity contribution < 1.29 is 9.53 Å². The minimum atomic E-state index is -0.931. The predicted octanol–water partition coefficient (Wildman–Crippen LogP) is 1.88. The highest BCUT2D eigenvalue weighted by Gasteiger charge is 2.32. The van der Waals surface area contributed by atoms with E-state index in [0.717, 1.165) is 13.1 Å². The van der Waals surface area contributed by atoms with Crippen molar-refractivity contribution >= 4 is 5.97 Å². The van der Waals surface area contributed by atoms with Gasteiger partial charge in [0.2, 0.25) is 0 Å². The van der Waals surface area contributed by atoms with Crippen LogP contribution in [0.2, 0.25) is 0 Å². The van der Waals surface area contributed by atoms with Crippen LogP contribution in [0.1, 0.15) is 41.5 Å². The van der Waals surface area contributed by atoms with Gasteiger partial charge in [-0.15, -0.1) is 0 Å². The molecular formula is C14H30N2O2. The highest BCUT2D eigenvalue weighted by Crippen LogP contribution is 2.10. The zero-order valence-electron chi connectivity index (χ0n) is 12.8.